The molecule has 0 radical (unpaired) electrons. The van der Waals surface area contributed by atoms with Crippen molar-refractivity contribution in [2.24, 2.45) is 10.4 Å². The van der Waals surface area contributed by atoms with Crippen LogP contribution in [0.25, 0.3) is 0 Å². The molecule has 1 saturated carbocycles. The molecule has 1 fully saturated rings. The highest BCUT2D eigenvalue weighted by Gasteiger charge is 2.48. The average molecular weight is 423 g/mol. The van der Waals surface area contributed by atoms with Gasteiger partial charge in [0.25, 0.3) is 0 Å². The van der Waals surface area contributed by atoms with Crippen LogP contribution in [0.5, 0.6) is 0 Å². The SMILES string of the molecule is CCNC(=NCc1noc(C)n1)NC1CC(OC)C1(C)C.I. The highest BCUT2D eigenvalue weighted by molar-refractivity contribution is 14.0. The summed E-state index contributed by atoms with van der Waals surface area (Å²) in [6, 6.07) is 0.340. The third-order valence-corrected chi connectivity index (χ3v) is 4.07. The molecule has 0 aromatic carbocycles. The van der Waals surface area contributed by atoms with Crippen molar-refractivity contribution >= 4 is 29.9 Å². The zero-order valence-corrected chi connectivity index (χ0v) is 16.2. The van der Waals surface area contributed by atoms with Crippen molar-refractivity contribution in [2.45, 2.75) is 52.8 Å². The summed E-state index contributed by atoms with van der Waals surface area (Å²) in [4.78, 5) is 8.65. The normalized spacial score (nSPS) is 23.4. The number of aliphatic imine (C=N–C) groups is 1. The molecule has 0 aliphatic heterocycles. The topological polar surface area (TPSA) is 84.6 Å². The van der Waals surface area contributed by atoms with Crippen LogP contribution in [0.1, 0.15) is 38.9 Å². The van der Waals surface area contributed by atoms with E-state index in [2.05, 4.69) is 39.6 Å². The number of aryl methyl sites for hydroxylation is 1. The van der Waals surface area contributed by atoms with Gasteiger partial charge in [-0.2, -0.15) is 4.98 Å². The van der Waals surface area contributed by atoms with Gasteiger partial charge < -0.3 is 19.9 Å². The minimum atomic E-state index is 0. The van der Waals surface area contributed by atoms with Gasteiger partial charge in [-0.1, -0.05) is 19.0 Å². The maximum absolute atomic E-state index is 5.47. The monoisotopic (exact) mass is 423 g/mol. The summed E-state index contributed by atoms with van der Waals surface area (Å²) in [6.07, 6.45) is 1.27. The molecule has 7 nitrogen and oxygen atoms in total. The van der Waals surface area contributed by atoms with Crippen LogP contribution in [0, 0.1) is 12.3 Å². The zero-order valence-electron chi connectivity index (χ0n) is 13.8. The molecule has 126 valence electrons. The predicted octanol–water partition coefficient (Wildman–Crippen LogP) is 1.86. The Morgan fingerprint density at radius 2 is 2.23 bits per heavy atom. The van der Waals surface area contributed by atoms with Crippen LogP contribution in [-0.2, 0) is 11.3 Å². The second-order valence-corrected chi connectivity index (χ2v) is 5.90. The zero-order chi connectivity index (χ0) is 15.5. The van der Waals surface area contributed by atoms with E-state index < -0.39 is 0 Å². The molecule has 1 aromatic rings. The van der Waals surface area contributed by atoms with E-state index in [4.69, 9.17) is 9.26 Å². The van der Waals surface area contributed by atoms with E-state index in [0.29, 0.717) is 24.3 Å². The highest BCUT2D eigenvalue weighted by atomic mass is 127. The number of halogens is 1. The second-order valence-electron chi connectivity index (χ2n) is 5.90. The number of ether oxygens (including phenoxy) is 1. The van der Waals surface area contributed by atoms with Gasteiger partial charge in [0.05, 0.1) is 6.10 Å². The van der Waals surface area contributed by atoms with Crippen LogP contribution in [0.4, 0.5) is 0 Å². The van der Waals surface area contributed by atoms with Crippen molar-refractivity contribution in [1.82, 2.24) is 20.8 Å². The molecule has 2 rings (SSSR count). The van der Waals surface area contributed by atoms with E-state index in [1.807, 2.05) is 6.92 Å². The van der Waals surface area contributed by atoms with E-state index in [1.165, 1.54) is 0 Å². The van der Waals surface area contributed by atoms with Gasteiger partial charge in [-0.05, 0) is 13.3 Å². The number of rotatable bonds is 5. The van der Waals surface area contributed by atoms with E-state index in [9.17, 15) is 0 Å². The standard InChI is InChI=1S/C14H25N5O2.HI/c1-6-15-13(16-8-12-17-9(2)21-19-12)18-10-7-11(20-5)14(10,3)4;/h10-11H,6-8H2,1-5H3,(H2,15,16,18);1H. The van der Waals surface area contributed by atoms with E-state index in [-0.39, 0.29) is 35.5 Å². The molecule has 1 aromatic heterocycles. The summed E-state index contributed by atoms with van der Waals surface area (Å²) in [5.41, 5.74) is 0.0909. The molecular formula is C14H26IN5O2. The lowest BCUT2D eigenvalue weighted by Gasteiger charge is -2.51. The summed E-state index contributed by atoms with van der Waals surface area (Å²) >= 11 is 0. The third kappa shape index (κ3) is 4.31. The van der Waals surface area contributed by atoms with Crippen LogP contribution < -0.4 is 10.6 Å². The van der Waals surface area contributed by atoms with Gasteiger partial charge >= 0.3 is 0 Å². The lowest BCUT2D eigenvalue weighted by atomic mass is 9.64. The molecule has 1 aliphatic rings. The Hall–Kier alpha value is -0.900. The number of nitrogens with zero attached hydrogens (tertiary/aromatic N) is 3. The molecule has 2 atom stereocenters. The number of guanidine groups is 1. The molecule has 2 unspecified atom stereocenters. The second kappa shape index (κ2) is 8.09. The van der Waals surface area contributed by atoms with Crippen molar-refractivity contribution in [1.29, 1.82) is 0 Å². The van der Waals surface area contributed by atoms with Crippen LogP contribution in [0.3, 0.4) is 0 Å². The summed E-state index contributed by atoms with van der Waals surface area (Å²) in [6.45, 7) is 9.42. The van der Waals surface area contributed by atoms with Gasteiger partial charge in [0.15, 0.2) is 11.8 Å². The Kier molecular flexibility index (Phi) is 7.04. The van der Waals surface area contributed by atoms with Crippen molar-refractivity contribution < 1.29 is 9.26 Å². The molecule has 1 heterocycles. The van der Waals surface area contributed by atoms with Crippen molar-refractivity contribution in [3.63, 3.8) is 0 Å². The van der Waals surface area contributed by atoms with Crippen LogP contribution in [0.15, 0.2) is 9.52 Å². The number of hydrogen-bond donors (Lipinski definition) is 2. The summed E-state index contributed by atoms with van der Waals surface area (Å²) in [5.74, 6) is 1.92. The number of methoxy groups -OCH3 is 1. The van der Waals surface area contributed by atoms with E-state index >= 15 is 0 Å². The highest BCUT2D eigenvalue weighted by Crippen LogP contribution is 2.42. The van der Waals surface area contributed by atoms with E-state index in [1.54, 1.807) is 14.0 Å². The predicted molar refractivity (Wildman–Crippen MR) is 95.4 cm³/mol. The Morgan fingerprint density at radius 1 is 1.50 bits per heavy atom. The average Bonchev–Trinajstić information content (AvgIpc) is 2.85. The fourth-order valence-corrected chi connectivity index (χ4v) is 2.57. The van der Waals surface area contributed by atoms with E-state index in [0.717, 1.165) is 18.9 Å². The largest absolute Gasteiger partial charge is 0.381 e. The lowest BCUT2D eigenvalue weighted by molar-refractivity contribution is -0.0922. The van der Waals surface area contributed by atoms with Gasteiger partial charge in [0.2, 0.25) is 5.89 Å². The van der Waals surface area contributed by atoms with Crippen molar-refractivity contribution in [3.05, 3.63) is 11.7 Å². The summed E-state index contributed by atoms with van der Waals surface area (Å²) in [5, 5.41) is 10.5. The molecule has 8 heteroatoms. The van der Waals surface area contributed by atoms with Gasteiger partial charge in [0, 0.05) is 32.0 Å². The quantitative estimate of drug-likeness (QED) is 0.428. The van der Waals surface area contributed by atoms with Crippen molar-refractivity contribution in [3.8, 4) is 0 Å². The summed E-state index contributed by atoms with van der Waals surface area (Å²) < 4.78 is 10.4. The molecule has 22 heavy (non-hydrogen) atoms. The summed E-state index contributed by atoms with van der Waals surface area (Å²) in [7, 11) is 1.76. The van der Waals surface area contributed by atoms with Crippen LogP contribution in [0.2, 0.25) is 0 Å². The first-order valence-corrected chi connectivity index (χ1v) is 7.34. The van der Waals surface area contributed by atoms with Gasteiger partial charge in [-0.15, -0.1) is 24.0 Å². The Balaban J connectivity index is 0.00000242. The lowest BCUT2D eigenvalue weighted by Crippen LogP contribution is -2.63. The number of hydrogen-bond acceptors (Lipinski definition) is 5. The fraction of sp³-hybridized carbons (Fsp3) is 0.786. The number of nitrogens with one attached hydrogen (secondary N) is 2. The van der Waals surface area contributed by atoms with Gasteiger partial charge in [-0.3, -0.25) is 0 Å². The van der Waals surface area contributed by atoms with Crippen LogP contribution in [-0.4, -0.2) is 41.9 Å². The molecule has 0 bridgehead atoms. The first-order valence-electron chi connectivity index (χ1n) is 7.34. The Morgan fingerprint density at radius 3 is 2.73 bits per heavy atom. The van der Waals surface area contributed by atoms with Crippen LogP contribution >= 0.6 is 24.0 Å². The number of aromatic nitrogens is 2. The smallest absolute Gasteiger partial charge is 0.223 e. The molecule has 0 amide bonds. The molecule has 2 N–H and O–H groups in total. The first kappa shape index (κ1) is 19.1. The Labute approximate surface area is 148 Å². The third-order valence-electron chi connectivity index (χ3n) is 4.07. The molecule has 1 aliphatic carbocycles. The first-order chi connectivity index (χ1) is 9.97. The minimum Gasteiger partial charge on any atom is -0.381 e. The minimum absolute atomic E-state index is 0. The molecule has 0 spiro atoms. The maximum atomic E-state index is 5.47. The Bertz CT molecular complexity index is 503. The van der Waals surface area contributed by atoms with Crippen molar-refractivity contribution in [2.75, 3.05) is 13.7 Å². The fourth-order valence-electron chi connectivity index (χ4n) is 2.57. The van der Waals surface area contributed by atoms with Gasteiger partial charge in [0.1, 0.15) is 6.54 Å². The van der Waals surface area contributed by atoms with Gasteiger partial charge in [-0.25, -0.2) is 4.99 Å². The molecular weight excluding hydrogens is 397 g/mol. The maximum Gasteiger partial charge on any atom is 0.223 e. The molecule has 0 saturated heterocycles.